The standard InChI is InChI=1S/C15H19Br2N3/c1-3-11-8-12(20(4-2)19-11)9-15(18)13-7-10(16)5-6-14(13)17/h5-8,15H,3-4,9,18H2,1-2H3. The summed E-state index contributed by atoms with van der Waals surface area (Å²) in [7, 11) is 0. The van der Waals surface area contributed by atoms with Gasteiger partial charge in [0.25, 0.3) is 0 Å². The zero-order chi connectivity index (χ0) is 14.7. The molecule has 0 aliphatic carbocycles. The van der Waals surface area contributed by atoms with Crippen molar-refractivity contribution in [2.24, 2.45) is 5.73 Å². The molecule has 1 unspecified atom stereocenters. The Morgan fingerprint density at radius 3 is 2.65 bits per heavy atom. The van der Waals surface area contributed by atoms with Crippen LogP contribution in [0.1, 0.15) is 36.8 Å². The maximum Gasteiger partial charge on any atom is 0.0624 e. The van der Waals surface area contributed by atoms with E-state index in [9.17, 15) is 0 Å². The van der Waals surface area contributed by atoms with E-state index in [4.69, 9.17) is 5.73 Å². The normalized spacial score (nSPS) is 12.7. The molecule has 0 fully saturated rings. The van der Waals surface area contributed by atoms with Gasteiger partial charge in [-0.15, -0.1) is 0 Å². The number of rotatable bonds is 5. The number of aryl methyl sites for hydroxylation is 2. The Bertz CT molecular complexity index is 593. The summed E-state index contributed by atoms with van der Waals surface area (Å²) in [4.78, 5) is 0. The topological polar surface area (TPSA) is 43.8 Å². The minimum Gasteiger partial charge on any atom is -0.324 e. The third kappa shape index (κ3) is 3.51. The molecule has 3 nitrogen and oxygen atoms in total. The van der Waals surface area contributed by atoms with Crippen LogP contribution in [0.5, 0.6) is 0 Å². The van der Waals surface area contributed by atoms with E-state index >= 15 is 0 Å². The highest BCUT2D eigenvalue weighted by molar-refractivity contribution is 9.11. The van der Waals surface area contributed by atoms with E-state index in [2.05, 4.69) is 62.9 Å². The average molecular weight is 401 g/mol. The summed E-state index contributed by atoms with van der Waals surface area (Å²) in [6, 6.07) is 8.21. The lowest BCUT2D eigenvalue weighted by Crippen LogP contribution is -2.16. The van der Waals surface area contributed by atoms with Gasteiger partial charge in [-0.25, -0.2) is 0 Å². The molecule has 0 aliphatic rings. The molecule has 2 rings (SSSR count). The molecule has 0 bridgehead atoms. The Morgan fingerprint density at radius 2 is 2.00 bits per heavy atom. The van der Waals surface area contributed by atoms with E-state index in [0.29, 0.717) is 0 Å². The van der Waals surface area contributed by atoms with Gasteiger partial charge in [0.05, 0.1) is 5.69 Å². The minimum absolute atomic E-state index is 0.0476. The summed E-state index contributed by atoms with van der Waals surface area (Å²) < 4.78 is 4.14. The predicted octanol–water partition coefficient (Wildman–Crippen LogP) is 4.23. The molecule has 1 heterocycles. The van der Waals surface area contributed by atoms with Crippen molar-refractivity contribution in [1.29, 1.82) is 0 Å². The number of nitrogens with zero attached hydrogens (tertiary/aromatic N) is 2. The van der Waals surface area contributed by atoms with E-state index in [1.807, 2.05) is 16.8 Å². The summed E-state index contributed by atoms with van der Waals surface area (Å²) in [6.07, 6.45) is 1.74. The summed E-state index contributed by atoms with van der Waals surface area (Å²) in [6.45, 7) is 5.11. The van der Waals surface area contributed by atoms with Crippen molar-refractivity contribution < 1.29 is 0 Å². The molecule has 2 aromatic rings. The number of nitrogens with two attached hydrogens (primary N) is 1. The van der Waals surface area contributed by atoms with Crippen LogP contribution in [-0.2, 0) is 19.4 Å². The van der Waals surface area contributed by atoms with Crippen LogP contribution in [-0.4, -0.2) is 9.78 Å². The Hall–Kier alpha value is -0.650. The predicted molar refractivity (Wildman–Crippen MR) is 89.8 cm³/mol. The molecule has 0 spiro atoms. The van der Waals surface area contributed by atoms with Crippen LogP contribution in [0.25, 0.3) is 0 Å². The Morgan fingerprint density at radius 1 is 1.25 bits per heavy atom. The SMILES string of the molecule is CCc1cc(CC(N)c2cc(Br)ccc2Br)n(CC)n1. The lowest BCUT2D eigenvalue weighted by Gasteiger charge is -2.15. The Balaban J connectivity index is 2.24. The van der Waals surface area contributed by atoms with E-state index in [-0.39, 0.29) is 6.04 Å². The largest absolute Gasteiger partial charge is 0.324 e. The smallest absolute Gasteiger partial charge is 0.0624 e. The molecule has 5 heteroatoms. The third-order valence-corrected chi connectivity index (χ3v) is 4.58. The second-order valence-corrected chi connectivity index (χ2v) is 6.54. The molecule has 1 aromatic heterocycles. The van der Waals surface area contributed by atoms with Crippen LogP contribution in [0.4, 0.5) is 0 Å². The second kappa shape index (κ2) is 6.87. The number of aromatic nitrogens is 2. The molecular formula is C15H19Br2N3. The van der Waals surface area contributed by atoms with Crippen molar-refractivity contribution in [2.75, 3.05) is 0 Å². The van der Waals surface area contributed by atoms with E-state index in [1.54, 1.807) is 0 Å². The van der Waals surface area contributed by atoms with Crippen LogP contribution in [0.3, 0.4) is 0 Å². The summed E-state index contributed by atoms with van der Waals surface area (Å²) >= 11 is 7.08. The quantitative estimate of drug-likeness (QED) is 0.815. The fourth-order valence-corrected chi connectivity index (χ4v) is 3.18. The molecule has 1 atom stereocenters. The molecule has 0 aliphatic heterocycles. The van der Waals surface area contributed by atoms with Crippen molar-refractivity contribution in [1.82, 2.24) is 9.78 Å². The highest BCUT2D eigenvalue weighted by Gasteiger charge is 2.15. The Kier molecular flexibility index (Phi) is 5.41. The van der Waals surface area contributed by atoms with Gasteiger partial charge in [0.1, 0.15) is 0 Å². The van der Waals surface area contributed by atoms with Crippen LogP contribution >= 0.6 is 31.9 Å². The second-order valence-electron chi connectivity index (χ2n) is 4.77. The maximum atomic E-state index is 6.38. The summed E-state index contributed by atoms with van der Waals surface area (Å²) in [5.74, 6) is 0. The molecule has 2 N–H and O–H groups in total. The van der Waals surface area contributed by atoms with Crippen molar-refractivity contribution in [3.63, 3.8) is 0 Å². The summed E-state index contributed by atoms with van der Waals surface area (Å²) in [5.41, 5.74) is 9.82. The van der Waals surface area contributed by atoms with Crippen molar-refractivity contribution >= 4 is 31.9 Å². The summed E-state index contributed by atoms with van der Waals surface area (Å²) in [5, 5.41) is 4.57. The van der Waals surface area contributed by atoms with Gasteiger partial charge in [0, 0.05) is 33.6 Å². The fourth-order valence-electron chi connectivity index (χ4n) is 2.26. The van der Waals surface area contributed by atoms with Gasteiger partial charge >= 0.3 is 0 Å². The van der Waals surface area contributed by atoms with Crippen LogP contribution < -0.4 is 5.73 Å². The minimum atomic E-state index is -0.0476. The first-order valence-corrected chi connectivity index (χ1v) is 8.39. The molecule has 0 saturated heterocycles. The van der Waals surface area contributed by atoms with E-state index in [1.165, 1.54) is 5.69 Å². The van der Waals surface area contributed by atoms with Gasteiger partial charge < -0.3 is 5.73 Å². The first-order valence-electron chi connectivity index (χ1n) is 6.81. The molecular weight excluding hydrogens is 382 g/mol. The number of halogens is 2. The van der Waals surface area contributed by atoms with E-state index in [0.717, 1.165) is 39.6 Å². The zero-order valence-electron chi connectivity index (χ0n) is 11.7. The first-order chi connectivity index (χ1) is 9.55. The third-order valence-electron chi connectivity index (χ3n) is 3.36. The molecule has 20 heavy (non-hydrogen) atoms. The van der Waals surface area contributed by atoms with E-state index < -0.39 is 0 Å². The Labute approximate surface area is 136 Å². The van der Waals surface area contributed by atoms with Gasteiger partial charge in [0.2, 0.25) is 0 Å². The number of benzene rings is 1. The van der Waals surface area contributed by atoms with Crippen LogP contribution in [0, 0.1) is 0 Å². The van der Waals surface area contributed by atoms with Crippen molar-refractivity contribution in [3.05, 3.63) is 50.2 Å². The van der Waals surface area contributed by atoms with Gasteiger partial charge in [-0.1, -0.05) is 38.8 Å². The van der Waals surface area contributed by atoms with Crippen LogP contribution in [0.2, 0.25) is 0 Å². The van der Waals surface area contributed by atoms with Gasteiger partial charge in [-0.3, -0.25) is 4.68 Å². The number of hydrogen-bond acceptors (Lipinski definition) is 2. The highest BCUT2D eigenvalue weighted by Crippen LogP contribution is 2.28. The molecule has 108 valence electrons. The van der Waals surface area contributed by atoms with Crippen molar-refractivity contribution in [3.8, 4) is 0 Å². The lowest BCUT2D eigenvalue weighted by atomic mass is 10.0. The zero-order valence-corrected chi connectivity index (χ0v) is 14.9. The van der Waals surface area contributed by atoms with Gasteiger partial charge in [-0.05, 0) is 43.2 Å². The first kappa shape index (κ1) is 15.7. The number of hydrogen-bond donors (Lipinski definition) is 1. The van der Waals surface area contributed by atoms with Crippen LogP contribution in [0.15, 0.2) is 33.2 Å². The lowest BCUT2D eigenvalue weighted by molar-refractivity contribution is 0.584. The fraction of sp³-hybridized carbons (Fsp3) is 0.400. The van der Waals surface area contributed by atoms with Crippen molar-refractivity contribution in [2.45, 2.75) is 39.3 Å². The molecule has 1 aromatic carbocycles. The molecule has 0 radical (unpaired) electrons. The monoisotopic (exact) mass is 399 g/mol. The average Bonchev–Trinajstić information content (AvgIpc) is 2.83. The van der Waals surface area contributed by atoms with Gasteiger partial charge in [-0.2, -0.15) is 5.10 Å². The van der Waals surface area contributed by atoms with Gasteiger partial charge in [0.15, 0.2) is 0 Å². The molecule has 0 amide bonds. The molecule has 0 saturated carbocycles. The maximum absolute atomic E-state index is 6.38. The highest BCUT2D eigenvalue weighted by atomic mass is 79.9.